The molecule has 0 aliphatic carbocycles. The number of hydrogen-bond acceptors (Lipinski definition) is 4. The van der Waals surface area contributed by atoms with Gasteiger partial charge in [-0.05, 0) is 13.0 Å². The van der Waals surface area contributed by atoms with Crippen LogP contribution in [0.2, 0.25) is 0 Å². The van der Waals surface area contributed by atoms with Crippen LogP contribution >= 0.6 is 11.3 Å². The molecule has 1 unspecified atom stereocenters. The Labute approximate surface area is 81.1 Å². The zero-order valence-corrected chi connectivity index (χ0v) is 8.27. The van der Waals surface area contributed by atoms with Gasteiger partial charge in [-0.1, -0.05) is 0 Å². The molecule has 1 aromatic rings. The largest absolute Gasteiger partial charge is 0.388 e. The first kappa shape index (κ1) is 8.87. The van der Waals surface area contributed by atoms with Crippen molar-refractivity contribution in [3.05, 3.63) is 22.2 Å². The van der Waals surface area contributed by atoms with Crippen molar-refractivity contribution in [3.8, 4) is 0 Å². The van der Waals surface area contributed by atoms with Crippen molar-refractivity contribution in [1.29, 1.82) is 0 Å². The van der Waals surface area contributed by atoms with Gasteiger partial charge in [-0.25, -0.2) is 4.98 Å². The van der Waals surface area contributed by atoms with Crippen LogP contribution in [0, 0.1) is 6.92 Å². The number of aromatic nitrogens is 1. The van der Waals surface area contributed by atoms with Gasteiger partial charge in [0.25, 0.3) is 0 Å². The molecular weight excluding hydrogens is 184 g/mol. The molecule has 0 spiro atoms. The van der Waals surface area contributed by atoms with Crippen LogP contribution in [0.3, 0.4) is 0 Å². The average Bonchev–Trinajstić information content (AvgIpc) is 2.52. The monoisotopic (exact) mass is 196 g/mol. The summed E-state index contributed by atoms with van der Waals surface area (Å²) in [6.45, 7) is 3.44. The topological polar surface area (TPSA) is 45.1 Å². The molecule has 0 fully saturated rings. The number of thiazole rings is 1. The second-order valence-electron chi connectivity index (χ2n) is 3.18. The van der Waals surface area contributed by atoms with E-state index in [1.165, 1.54) is 0 Å². The summed E-state index contributed by atoms with van der Waals surface area (Å²) in [6, 6.07) is 0. The van der Waals surface area contributed by atoms with Gasteiger partial charge in [-0.2, -0.15) is 0 Å². The Morgan fingerprint density at radius 1 is 1.69 bits per heavy atom. The molecule has 0 amide bonds. The Kier molecular flexibility index (Phi) is 2.44. The van der Waals surface area contributed by atoms with Crippen LogP contribution in [0.4, 0.5) is 0 Å². The Bertz CT molecular complexity index is 332. The third-order valence-electron chi connectivity index (χ3n) is 1.96. The van der Waals surface area contributed by atoms with Crippen LogP contribution in [0.1, 0.15) is 10.7 Å². The van der Waals surface area contributed by atoms with Crippen molar-refractivity contribution in [2.75, 3.05) is 13.1 Å². The van der Waals surface area contributed by atoms with Gasteiger partial charge in [0.05, 0.1) is 6.10 Å². The predicted molar refractivity (Wildman–Crippen MR) is 53.7 cm³/mol. The highest BCUT2D eigenvalue weighted by molar-refractivity contribution is 7.10. The standard InChI is InChI=1S/C9H12N2OS/c1-6-5-13-9(11-6)7-2-8(12)4-10-3-7/h2,5,8,10,12H,3-4H2,1H3. The van der Waals surface area contributed by atoms with Crippen LogP contribution in [-0.2, 0) is 0 Å². The van der Waals surface area contributed by atoms with Crippen LogP contribution in [-0.4, -0.2) is 29.3 Å². The molecule has 13 heavy (non-hydrogen) atoms. The summed E-state index contributed by atoms with van der Waals surface area (Å²) in [5.74, 6) is 0. The van der Waals surface area contributed by atoms with Crippen molar-refractivity contribution in [2.45, 2.75) is 13.0 Å². The van der Waals surface area contributed by atoms with E-state index in [0.29, 0.717) is 6.54 Å². The molecule has 4 heteroatoms. The van der Waals surface area contributed by atoms with Gasteiger partial charge in [0.1, 0.15) is 5.01 Å². The molecule has 0 saturated carbocycles. The van der Waals surface area contributed by atoms with Gasteiger partial charge in [-0.3, -0.25) is 0 Å². The third kappa shape index (κ3) is 1.96. The van der Waals surface area contributed by atoms with E-state index in [0.717, 1.165) is 22.8 Å². The van der Waals surface area contributed by atoms with Gasteiger partial charge in [0.15, 0.2) is 0 Å². The molecule has 1 aromatic heterocycles. The van der Waals surface area contributed by atoms with E-state index in [9.17, 15) is 5.11 Å². The van der Waals surface area contributed by atoms with Crippen molar-refractivity contribution in [3.63, 3.8) is 0 Å². The number of nitrogens with one attached hydrogen (secondary N) is 1. The highest BCUT2D eigenvalue weighted by Gasteiger charge is 2.13. The van der Waals surface area contributed by atoms with E-state index in [4.69, 9.17) is 0 Å². The molecule has 0 aromatic carbocycles. The Hall–Kier alpha value is -0.710. The molecule has 0 radical (unpaired) electrons. The number of nitrogens with zero attached hydrogens (tertiary/aromatic N) is 1. The maximum Gasteiger partial charge on any atom is 0.120 e. The first-order valence-corrected chi connectivity index (χ1v) is 5.15. The Morgan fingerprint density at radius 3 is 3.15 bits per heavy atom. The maximum atomic E-state index is 9.39. The summed E-state index contributed by atoms with van der Waals surface area (Å²) in [5, 5.41) is 15.6. The second-order valence-corrected chi connectivity index (χ2v) is 4.04. The molecule has 0 bridgehead atoms. The van der Waals surface area contributed by atoms with Crippen LogP contribution in [0.15, 0.2) is 11.5 Å². The third-order valence-corrected chi connectivity index (χ3v) is 2.99. The molecule has 1 atom stereocenters. The van der Waals surface area contributed by atoms with Crippen LogP contribution < -0.4 is 5.32 Å². The zero-order valence-electron chi connectivity index (χ0n) is 7.45. The van der Waals surface area contributed by atoms with Gasteiger partial charge < -0.3 is 10.4 Å². The smallest absolute Gasteiger partial charge is 0.120 e. The molecule has 2 heterocycles. The molecule has 1 aliphatic heterocycles. The minimum absolute atomic E-state index is 0.368. The molecule has 2 N–H and O–H groups in total. The number of aliphatic hydroxyl groups is 1. The zero-order chi connectivity index (χ0) is 9.26. The number of hydrogen-bond donors (Lipinski definition) is 2. The SMILES string of the molecule is Cc1csc(C2=CC(O)CNC2)n1. The summed E-state index contributed by atoms with van der Waals surface area (Å²) in [6.07, 6.45) is 1.52. The first-order chi connectivity index (χ1) is 6.25. The van der Waals surface area contributed by atoms with Crippen molar-refractivity contribution in [1.82, 2.24) is 10.3 Å². The number of aliphatic hydroxyl groups excluding tert-OH is 1. The normalized spacial score (nSPS) is 22.9. The van der Waals surface area contributed by atoms with E-state index in [1.807, 2.05) is 18.4 Å². The Morgan fingerprint density at radius 2 is 2.54 bits per heavy atom. The van der Waals surface area contributed by atoms with Crippen molar-refractivity contribution >= 4 is 16.9 Å². The maximum absolute atomic E-state index is 9.39. The molecule has 2 rings (SSSR count). The lowest BCUT2D eigenvalue weighted by Crippen LogP contribution is -2.31. The van der Waals surface area contributed by atoms with E-state index in [-0.39, 0.29) is 6.10 Å². The fourth-order valence-corrected chi connectivity index (χ4v) is 2.18. The molecular formula is C9H12N2OS. The number of rotatable bonds is 1. The lowest BCUT2D eigenvalue weighted by atomic mass is 10.1. The lowest BCUT2D eigenvalue weighted by molar-refractivity contribution is 0.217. The average molecular weight is 196 g/mol. The van der Waals surface area contributed by atoms with E-state index >= 15 is 0 Å². The quantitative estimate of drug-likeness (QED) is 0.698. The number of β-amino-alcohol motifs (C(OH)–C–C–N with tert-alkyl or cyclic N) is 1. The number of aryl methyl sites for hydroxylation is 1. The summed E-state index contributed by atoms with van der Waals surface area (Å²) in [5.41, 5.74) is 2.15. The van der Waals surface area contributed by atoms with E-state index in [2.05, 4.69) is 10.3 Å². The summed E-state index contributed by atoms with van der Waals surface area (Å²) in [4.78, 5) is 4.37. The van der Waals surface area contributed by atoms with E-state index in [1.54, 1.807) is 11.3 Å². The summed E-state index contributed by atoms with van der Waals surface area (Å²) in [7, 11) is 0. The van der Waals surface area contributed by atoms with Gasteiger partial charge in [-0.15, -0.1) is 11.3 Å². The highest BCUT2D eigenvalue weighted by atomic mass is 32.1. The molecule has 1 aliphatic rings. The summed E-state index contributed by atoms with van der Waals surface area (Å²) >= 11 is 1.63. The van der Waals surface area contributed by atoms with Gasteiger partial charge in [0, 0.05) is 29.7 Å². The van der Waals surface area contributed by atoms with E-state index < -0.39 is 0 Å². The molecule has 3 nitrogen and oxygen atoms in total. The van der Waals surface area contributed by atoms with Gasteiger partial charge in [0.2, 0.25) is 0 Å². The Balaban J connectivity index is 2.25. The second kappa shape index (κ2) is 3.57. The van der Waals surface area contributed by atoms with Crippen molar-refractivity contribution in [2.24, 2.45) is 0 Å². The fourth-order valence-electron chi connectivity index (χ4n) is 1.35. The van der Waals surface area contributed by atoms with Gasteiger partial charge >= 0.3 is 0 Å². The van der Waals surface area contributed by atoms with Crippen molar-refractivity contribution < 1.29 is 5.11 Å². The first-order valence-electron chi connectivity index (χ1n) is 4.27. The summed E-state index contributed by atoms with van der Waals surface area (Å²) < 4.78 is 0. The highest BCUT2D eigenvalue weighted by Crippen LogP contribution is 2.20. The molecule has 0 saturated heterocycles. The minimum Gasteiger partial charge on any atom is -0.388 e. The van der Waals surface area contributed by atoms with Crippen LogP contribution in [0.25, 0.3) is 5.57 Å². The minimum atomic E-state index is -0.368. The van der Waals surface area contributed by atoms with Crippen LogP contribution in [0.5, 0.6) is 0 Å². The predicted octanol–water partition coefficient (Wildman–Crippen LogP) is 0.799. The fraction of sp³-hybridized carbons (Fsp3) is 0.444. The molecule has 70 valence electrons. The lowest BCUT2D eigenvalue weighted by Gasteiger charge is -2.16.